The summed E-state index contributed by atoms with van der Waals surface area (Å²) in [6, 6.07) is 9.76. The number of carbonyl (C=O) groups is 1. The maximum atomic E-state index is 12.9. The lowest BCUT2D eigenvalue weighted by atomic mass is 10.2. The number of nitrogens with zero attached hydrogens (tertiary/aromatic N) is 3. The van der Waals surface area contributed by atoms with E-state index in [1.165, 1.54) is 16.3 Å². The number of benzene rings is 1. The van der Waals surface area contributed by atoms with Gasteiger partial charge in [0.25, 0.3) is 5.56 Å². The van der Waals surface area contributed by atoms with Crippen LogP contribution in [0.3, 0.4) is 0 Å². The number of hydrogen-bond acceptors (Lipinski definition) is 5. The van der Waals surface area contributed by atoms with Crippen LogP contribution in [0.4, 0.5) is 0 Å². The fraction of sp³-hybridized carbons (Fsp3) is 0.381. The van der Waals surface area contributed by atoms with E-state index >= 15 is 0 Å². The molecule has 0 saturated heterocycles. The quantitative estimate of drug-likeness (QED) is 0.471. The second-order valence-corrected chi connectivity index (χ2v) is 8.28. The average molecular weight is 398 g/mol. The first-order valence-electron chi connectivity index (χ1n) is 9.37. The van der Waals surface area contributed by atoms with Crippen LogP contribution in [0, 0.1) is 13.8 Å². The topological polar surface area (TPSA) is 68.3 Å². The third-order valence-electron chi connectivity index (χ3n) is 4.95. The normalized spacial score (nSPS) is 13.8. The third-order valence-corrected chi connectivity index (χ3v) is 5.96. The van der Waals surface area contributed by atoms with Gasteiger partial charge in [0, 0.05) is 13.1 Å². The zero-order valence-electron chi connectivity index (χ0n) is 16.3. The van der Waals surface area contributed by atoms with Gasteiger partial charge in [-0.3, -0.25) is 14.2 Å². The van der Waals surface area contributed by atoms with E-state index in [0.29, 0.717) is 22.6 Å². The largest absolute Gasteiger partial charge is 0.464 e. The van der Waals surface area contributed by atoms with Crippen LogP contribution >= 0.6 is 11.8 Å². The second kappa shape index (κ2) is 7.47. The number of carbonyl (C=O) groups excluding carboxylic acids is 1. The summed E-state index contributed by atoms with van der Waals surface area (Å²) in [6.45, 7) is 4.34. The van der Waals surface area contributed by atoms with Crippen LogP contribution in [0.2, 0.25) is 0 Å². The highest BCUT2D eigenvalue weighted by atomic mass is 32.2. The van der Waals surface area contributed by atoms with E-state index in [0.717, 1.165) is 29.9 Å². The molecule has 6 nitrogen and oxygen atoms in total. The molecule has 1 fully saturated rings. The van der Waals surface area contributed by atoms with Crippen molar-refractivity contribution in [3.05, 3.63) is 57.8 Å². The summed E-state index contributed by atoms with van der Waals surface area (Å²) in [4.78, 5) is 32.0. The fourth-order valence-electron chi connectivity index (χ4n) is 3.25. The van der Waals surface area contributed by atoms with Crippen molar-refractivity contribution in [2.75, 3.05) is 5.75 Å². The number of aryl methyl sites for hydroxylation is 2. The molecule has 1 aliphatic carbocycles. The van der Waals surface area contributed by atoms with Crippen molar-refractivity contribution in [2.24, 2.45) is 7.05 Å². The van der Waals surface area contributed by atoms with Gasteiger partial charge in [-0.1, -0.05) is 23.4 Å². The van der Waals surface area contributed by atoms with E-state index in [9.17, 15) is 9.59 Å². The van der Waals surface area contributed by atoms with Crippen LogP contribution in [-0.4, -0.2) is 32.2 Å². The predicted octanol–water partition coefficient (Wildman–Crippen LogP) is 3.43. The van der Waals surface area contributed by atoms with Gasteiger partial charge in [-0.2, -0.15) is 0 Å². The van der Waals surface area contributed by atoms with Gasteiger partial charge in [0.05, 0.1) is 23.2 Å². The summed E-state index contributed by atoms with van der Waals surface area (Å²) in [7, 11) is 1.70. The van der Waals surface area contributed by atoms with Crippen molar-refractivity contribution in [3.8, 4) is 0 Å². The van der Waals surface area contributed by atoms with Crippen LogP contribution in [0.15, 0.2) is 44.7 Å². The molecule has 0 radical (unpaired) electrons. The first-order chi connectivity index (χ1) is 13.4. The molecule has 0 N–H and O–H groups in total. The first-order valence-corrected chi connectivity index (χ1v) is 10.4. The molecule has 0 aliphatic heterocycles. The lowest BCUT2D eigenvalue weighted by molar-refractivity contribution is -0.129. The van der Waals surface area contributed by atoms with Crippen molar-refractivity contribution in [2.45, 2.75) is 44.4 Å². The molecule has 0 unspecified atom stereocenters. The number of furan rings is 1. The van der Waals surface area contributed by atoms with E-state index in [-0.39, 0.29) is 23.3 Å². The number of thioether (sulfide) groups is 1. The predicted molar refractivity (Wildman–Crippen MR) is 109 cm³/mol. The van der Waals surface area contributed by atoms with Crippen LogP contribution in [0.1, 0.15) is 29.9 Å². The maximum absolute atomic E-state index is 12.9. The Bertz CT molecular complexity index is 1100. The number of hydrogen-bond donors (Lipinski definition) is 0. The molecule has 4 rings (SSSR count). The monoisotopic (exact) mass is 397 g/mol. The molecule has 2 aromatic heterocycles. The molecule has 0 atom stereocenters. The number of fused-ring (bicyclic) bond motifs is 1. The van der Waals surface area contributed by atoms with Crippen molar-refractivity contribution in [1.29, 1.82) is 0 Å². The second-order valence-electron chi connectivity index (χ2n) is 7.33. The Morgan fingerprint density at radius 3 is 2.75 bits per heavy atom. The summed E-state index contributed by atoms with van der Waals surface area (Å²) in [6.07, 6.45) is 2.06. The van der Waals surface area contributed by atoms with Crippen molar-refractivity contribution < 1.29 is 9.21 Å². The zero-order chi connectivity index (χ0) is 19.8. The van der Waals surface area contributed by atoms with Gasteiger partial charge >= 0.3 is 0 Å². The molecule has 146 valence electrons. The van der Waals surface area contributed by atoms with Crippen LogP contribution in [0.25, 0.3) is 10.9 Å². The first kappa shape index (κ1) is 18.8. The van der Waals surface area contributed by atoms with Gasteiger partial charge < -0.3 is 9.32 Å². The molecule has 1 aliphatic rings. The smallest absolute Gasteiger partial charge is 0.261 e. The molecular formula is C21H23N3O3S. The van der Waals surface area contributed by atoms with E-state index in [1.807, 2.05) is 49.1 Å². The molecule has 0 spiro atoms. The molecule has 0 bridgehead atoms. The molecule has 2 heterocycles. The average Bonchev–Trinajstić information content (AvgIpc) is 3.43. The Balaban J connectivity index is 1.51. The van der Waals surface area contributed by atoms with Gasteiger partial charge in [0.2, 0.25) is 5.91 Å². The van der Waals surface area contributed by atoms with Gasteiger partial charge in [-0.25, -0.2) is 4.98 Å². The third kappa shape index (κ3) is 3.85. The number of aromatic nitrogens is 2. The minimum absolute atomic E-state index is 0.0415. The van der Waals surface area contributed by atoms with Crippen LogP contribution in [0.5, 0.6) is 0 Å². The summed E-state index contributed by atoms with van der Waals surface area (Å²) in [5, 5.41) is 1.16. The Labute approximate surface area is 167 Å². The Hall–Kier alpha value is -2.54. The van der Waals surface area contributed by atoms with E-state index < -0.39 is 0 Å². The maximum Gasteiger partial charge on any atom is 0.261 e. The Morgan fingerprint density at radius 1 is 1.29 bits per heavy atom. The van der Waals surface area contributed by atoms with Gasteiger partial charge in [-0.15, -0.1) is 0 Å². The highest BCUT2D eigenvalue weighted by molar-refractivity contribution is 7.99. The minimum atomic E-state index is -0.0891. The number of rotatable bonds is 6. The van der Waals surface area contributed by atoms with Crippen LogP contribution in [-0.2, 0) is 18.4 Å². The highest BCUT2D eigenvalue weighted by Gasteiger charge is 2.33. The number of amides is 1. The van der Waals surface area contributed by atoms with Crippen LogP contribution < -0.4 is 5.56 Å². The molecule has 1 amide bonds. The molecular weight excluding hydrogens is 374 g/mol. The minimum Gasteiger partial charge on any atom is -0.464 e. The van der Waals surface area contributed by atoms with E-state index in [1.54, 1.807) is 7.05 Å². The standard InChI is InChI=1S/C21H23N3O3S/c1-13-4-9-18-17(10-13)20(26)23(3)21(22-18)28-12-19(25)24(15-6-7-15)11-16-8-5-14(2)27-16/h4-5,8-10,15H,6-7,11-12H2,1-3H3. The summed E-state index contributed by atoms with van der Waals surface area (Å²) in [5.41, 5.74) is 1.60. The Morgan fingerprint density at radius 2 is 2.07 bits per heavy atom. The van der Waals surface area contributed by atoms with Gasteiger partial charge in [-0.05, 0) is 51.0 Å². The van der Waals surface area contributed by atoms with Crippen molar-refractivity contribution >= 4 is 28.6 Å². The SMILES string of the molecule is Cc1ccc2nc(SCC(=O)N(Cc3ccc(C)o3)C3CC3)n(C)c(=O)c2c1. The van der Waals surface area contributed by atoms with E-state index in [4.69, 9.17) is 4.42 Å². The lowest BCUT2D eigenvalue weighted by Gasteiger charge is -2.21. The van der Waals surface area contributed by atoms with Gasteiger partial charge in [0.15, 0.2) is 5.16 Å². The van der Waals surface area contributed by atoms with E-state index in [2.05, 4.69) is 4.98 Å². The fourth-order valence-corrected chi connectivity index (χ4v) is 4.11. The molecule has 3 aromatic rings. The Kier molecular flexibility index (Phi) is 5.02. The highest BCUT2D eigenvalue weighted by Crippen LogP contribution is 2.30. The molecule has 1 saturated carbocycles. The summed E-state index contributed by atoms with van der Waals surface area (Å²) < 4.78 is 7.16. The summed E-state index contributed by atoms with van der Waals surface area (Å²) >= 11 is 1.31. The molecule has 1 aromatic carbocycles. The lowest BCUT2D eigenvalue weighted by Crippen LogP contribution is -2.34. The zero-order valence-corrected chi connectivity index (χ0v) is 17.1. The molecule has 28 heavy (non-hydrogen) atoms. The van der Waals surface area contributed by atoms with Gasteiger partial charge in [0.1, 0.15) is 11.5 Å². The molecule has 7 heteroatoms. The summed E-state index contributed by atoms with van der Waals surface area (Å²) in [5.74, 6) is 1.93. The van der Waals surface area contributed by atoms with Crippen molar-refractivity contribution in [3.63, 3.8) is 0 Å². The van der Waals surface area contributed by atoms with Crippen molar-refractivity contribution in [1.82, 2.24) is 14.5 Å².